The van der Waals surface area contributed by atoms with Crippen molar-refractivity contribution in [1.82, 2.24) is 9.78 Å². The van der Waals surface area contributed by atoms with Crippen molar-refractivity contribution in [1.29, 1.82) is 0 Å². The maximum atomic E-state index is 10.9. The van der Waals surface area contributed by atoms with Crippen LogP contribution < -0.4 is 0 Å². The van der Waals surface area contributed by atoms with E-state index in [2.05, 4.69) is 5.10 Å². The third kappa shape index (κ3) is 2.59. The van der Waals surface area contributed by atoms with Crippen molar-refractivity contribution < 1.29 is 19.6 Å². The first kappa shape index (κ1) is 13.1. The van der Waals surface area contributed by atoms with Gasteiger partial charge in [0, 0.05) is 7.11 Å². The lowest BCUT2D eigenvalue weighted by Crippen LogP contribution is -2.10. The zero-order chi connectivity index (χ0) is 13.0. The van der Waals surface area contributed by atoms with E-state index in [0.717, 1.165) is 0 Å². The Morgan fingerprint density at radius 1 is 1.65 bits per heavy atom. The number of carbonyl (C=O) groups is 1. The number of nitro groups is 1. The fourth-order valence-corrected chi connectivity index (χ4v) is 1.54. The molecule has 0 unspecified atom stereocenters. The Balaban J connectivity index is 3.28. The Morgan fingerprint density at radius 3 is 2.71 bits per heavy atom. The van der Waals surface area contributed by atoms with Crippen molar-refractivity contribution in [3.63, 3.8) is 0 Å². The second-order valence-corrected chi connectivity index (χ2v) is 3.28. The smallest absolute Gasteiger partial charge is 0.363 e. The van der Waals surface area contributed by atoms with E-state index >= 15 is 0 Å². The lowest BCUT2D eigenvalue weighted by Gasteiger charge is -2.03. The van der Waals surface area contributed by atoms with Gasteiger partial charge >= 0.3 is 11.7 Å². The Kier molecular flexibility index (Phi) is 4.16. The van der Waals surface area contributed by atoms with Gasteiger partial charge in [-0.25, -0.2) is 4.79 Å². The highest BCUT2D eigenvalue weighted by molar-refractivity contribution is 5.90. The predicted octanol–water partition coefficient (Wildman–Crippen LogP) is 0.698. The molecule has 0 aromatic carbocycles. The van der Waals surface area contributed by atoms with Crippen molar-refractivity contribution in [2.45, 2.75) is 19.9 Å². The molecule has 1 heterocycles. The van der Waals surface area contributed by atoms with Crippen LogP contribution in [0.5, 0.6) is 0 Å². The number of rotatable bonds is 6. The van der Waals surface area contributed by atoms with Crippen molar-refractivity contribution in [3.8, 4) is 0 Å². The minimum Gasteiger partial charge on any atom is -0.476 e. The van der Waals surface area contributed by atoms with Crippen molar-refractivity contribution >= 4 is 11.7 Å². The molecule has 94 valence electrons. The molecule has 1 aromatic rings. The lowest BCUT2D eigenvalue weighted by molar-refractivity contribution is -0.386. The van der Waals surface area contributed by atoms with Crippen LogP contribution in [0.3, 0.4) is 0 Å². The summed E-state index contributed by atoms with van der Waals surface area (Å²) in [7, 11) is 1.49. The lowest BCUT2D eigenvalue weighted by atomic mass is 10.2. The number of ether oxygens (including phenoxy) is 1. The molecule has 0 saturated carbocycles. The Morgan fingerprint density at radius 2 is 2.29 bits per heavy atom. The molecule has 8 heteroatoms. The summed E-state index contributed by atoms with van der Waals surface area (Å²) < 4.78 is 6.15. The van der Waals surface area contributed by atoms with Gasteiger partial charge in [-0.15, -0.1) is 0 Å². The molecule has 0 fully saturated rings. The average Bonchev–Trinajstić information content (AvgIpc) is 2.64. The first-order chi connectivity index (χ1) is 8.02. The van der Waals surface area contributed by atoms with Gasteiger partial charge in [-0.2, -0.15) is 5.10 Å². The fraction of sp³-hybridized carbons (Fsp3) is 0.556. The van der Waals surface area contributed by atoms with E-state index < -0.39 is 22.3 Å². The number of aromatic carboxylic acids is 1. The summed E-state index contributed by atoms with van der Waals surface area (Å²) in [6.07, 6.45) is 0.334. The Hall–Kier alpha value is -1.96. The number of nitrogens with zero attached hydrogens (tertiary/aromatic N) is 3. The zero-order valence-corrected chi connectivity index (χ0v) is 9.54. The van der Waals surface area contributed by atoms with Crippen LogP contribution in [0.1, 0.15) is 23.1 Å². The Labute approximate surface area is 97.0 Å². The molecule has 0 aliphatic rings. The summed E-state index contributed by atoms with van der Waals surface area (Å²) in [5, 5.41) is 23.4. The SMILES string of the molecule is CCc1c([N+](=O)[O-])c(C(=O)O)nn1CCOC. The normalized spacial score (nSPS) is 10.5. The number of carboxylic acids is 1. The molecular formula is C9H13N3O5. The monoisotopic (exact) mass is 243 g/mol. The van der Waals surface area contributed by atoms with E-state index in [0.29, 0.717) is 18.7 Å². The molecule has 0 aliphatic carbocycles. The number of aromatic nitrogens is 2. The summed E-state index contributed by atoms with van der Waals surface area (Å²) in [5.74, 6) is -1.40. The largest absolute Gasteiger partial charge is 0.476 e. The summed E-state index contributed by atoms with van der Waals surface area (Å²) in [5.41, 5.74) is -0.663. The minimum absolute atomic E-state index is 0.286. The minimum atomic E-state index is -1.40. The van der Waals surface area contributed by atoms with E-state index in [-0.39, 0.29) is 6.54 Å². The van der Waals surface area contributed by atoms with Crippen LogP contribution in [0.4, 0.5) is 5.69 Å². The van der Waals surface area contributed by atoms with Crippen molar-refractivity contribution in [2.75, 3.05) is 13.7 Å². The number of carboxylic acid groups (broad SMARTS) is 1. The van der Waals surface area contributed by atoms with Crippen LogP contribution >= 0.6 is 0 Å². The van der Waals surface area contributed by atoms with Gasteiger partial charge in [-0.1, -0.05) is 6.92 Å². The van der Waals surface area contributed by atoms with E-state index in [9.17, 15) is 14.9 Å². The molecule has 0 bridgehead atoms. The predicted molar refractivity (Wildman–Crippen MR) is 57.1 cm³/mol. The average molecular weight is 243 g/mol. The number of methoxy groups -OCH3 is 1. The van der Waals surface area contributed by atoms with E-state index in [1.165, 1.54) is 11.8 Å². The topological polar surface area (TPSA) is 107 Å². The number of hydrogen-bond donors (Lipinski definition) is 1. The second kappa shape index (κ2) is 5.39. The van der Waals surface area contributed by atoms with Crippen molar-refractivity contribution in [2.24, 2.45) is 0 Å². The molecule has 0 saturated heterocycles. The van der Waals surface area contributed by atoms with Gasteiger partial charge < -0.3 is 9.84 Å². The third-order valence-electron chi connectivity index (χ3n) is 2.26. The van der Waals surface area contributed by atoms with Crippen LogP contribution in [0, 0.1) is 10.1 Å². The highest BCUT2D eigenvalue weighted by Crippen LogP contribution is 2.24. The molecule has 0 aliphatic heterocycles. The van der Waals surface area contributed by atoms with E-state index in [1.54, 1.807) is 6.92 Å². The number of hydrogen-bond acceptors (Lipinski definition) is 5. The van der Waals surface area contributed by atoms with Crippen molar-refractivity contribution in [3.05, 3.63) is 21.5 Å². The summed E-state index contributed by atoms with van der Waals surface area (Å²) in [6.45, 7) is 2.30. The van der Waals surface area contributed by atoms with E-state index in [4.69, 9.17) is 9.84 Å². The molecule has 0 atom stereocenters. The van der Waals surface area contributed by atoms with Crippen LogP contribution in [0.15, 0.2) is 0 Å². The first-order valence-electron chi connectivity index (χ1n) is 4.99. The zero-order valence-electron chi connectivity index (χ0n) is 9.54. The molecule has 1 aromatic heterocycles. The fourth-order valence-electron chi connectivity index (χ4n) is 1.54. The summed E-state index contributed by atoms with van der Waals surface area (Å²) in [6, 6.07) is 0. The van der Waals surface area contributed by atoms with Crippen LogP contribution in [-0.4, -0.2) is 39.5 Å². The molecule has 17 heavy (non-hydrogen) atoms. The molecule has 8 nitrogen and oxygen atoms in total. The second-order valence-electron chi connectivity index (χ2n) is 3.28. The van der Waals surface area contributed by atoms with Gasteiger partial charge in [0.25, 0.3) is 0 Å². The first-order valence-corrected chi connectivity index (χ1v) is 4.99. The molecule has 1 N–H and O–H groups in total. The maximum absolute atomic E-state index is 10.9. The molecule has 0 spiro atoms. The van der Waals surface area contributed by atoms with Gasteiger partial charge in [0.15, 0.2) is 0 Å². The molecule has 0 amide bonds. The molecular weight excluding hydrogens is 230 g/mol. The summed E-state index contributed by atoms with van der Waals surface area (Å²) >= 11 is 0. The van der Waals surface area contributed by atoms with Crippen LogP contribution in [0.2, 0.25) is 0 Å². The Bertz CT molecular complexity index is 440. The van der Waals surface area contributed by atoms with E-state index in [1.807, 2.05) is 0 Å². The van der Waals surface area contributed by atoms with Gasteiger partial charge in [0.1, 0.15) is 5.69 Å². The third-order valence-corrected chi connectivity index (χ3v) is 2.26. The van der Waals surface area contributed by atoms with Crippen LogP contribution in [-0.2, 0) is 17.7 Å². The highest BCUT2D eigenvalue weighted by Gasteiger charge is 2.30. The van der Waals surface area contributed by atoms with Gasteiger partial charge in [-0.3, -0.25) is 14.8 Å². The standard InChI is InChI=1S/C9H13N3O5/c1-3-6-8(12(15)16)7(9(13)14)10-11(6)4-5-17-2/h3-5H2,1-2H3,(H,13,14). The van der Waals surface area contributed by atoms with Gasteiger partial charge in [0.2, 0.25) is 5.69 Å². The summed E-state index contributed by atoms with van der Waals surface area (Å²) in [4.78, 5) is 21.0. The van der Waals surface area contributed by atoms with Gasteiger partial charge in [-0.05, 0) is 6.42 Å². The highest BCUT2D eigenvalue weighted by atomic mass is 16.6. The quantitative estimate of drug-likeness (QED) is 0.582. The molecule has 0 radical (unpaired) electrons. The maximum Gasteiger partial charge on any atom is 0.363 e. The molecule has 1 rings (SSSR count). The van der Waals surface area contributed by atoms with Crippen LogP contribution in [0.25, 0.3) is 0 Å². The van der Waals surface area contributed by atoms with Gasteiger partial charge in [0.05, 0.1) is 18.1 Å².